The summed E-state index contributed by atoms with van der Waals surface area (Å²) in [4.78, 5) is 21.0. The lowest BCUT2D eigenvalue weighted by Gasteiger charge is -2.36. The first-order chi connectivity index (χ1) is 15.2. The van der Waals surface area contributed by atoms with Crippen LogP contribution in [0.4, 0.5) is 0 Å². The largest absolute Gasteiger partial charge is 0.497 e. The second-order valence-electron chi connectivity index (χ2n) is 7.69. The van der Waals surface area contributed by atoms with Gasteiger partial charge in [-0.15, -0.1) is 11.3 Å². The van der Waals surface area contributed by atoms with Crippen molar-refractivity contribution in [2.75, 3.05) is 20.8 Å². The molecule has 1 aliphatic rings. The Bertz CT molecular complexity index is 1240. The van der Waals surface area contributed by atoms with Crippen LogP contribution in [0.5, 0.6) is 5.75 Å². The zero-order chi connectivity index (χ0) is 21.4. The number of carbonyl (C=O) groups is 1. The van der Waals surface area contributed by atoms with Gasteiger partial charge in [-0.2, -0.15) is 0 Å². The number of benzene rings is 2. The highest BCUT2D eigenvalue weighted by molar-refractivity contribution is 7.14. The number of thiophene rings is 1. The average Bonchev–Trinajstić information content (AvgIpc) is 3.43. The molecule has 0 fully saturated rings. The Hall–Kier alpha value is -3.09. The Labute approximate surface area is 185 Å². The zero-order valence-corrected chi connectivity index (χ0v) is 18.4. The number of aromatic nitrogens is 1. The van der Waals surface area contributed by atoms with Crippen LogP contribution in [0, 0.1) is 0 Å². The highest BCUT2D eigenvalue weighted by atomic mass is 32.1. The predicted octanol–water partition coefficient (Wildman–Crippen LogP) is 5.17. The van der Waals surface area contributed by atoms with Gasteiger partial charge >= 0.3 is 0 Å². The van der Waals surface area contributed by atoms with Crippen molar-refractivity contribution in [1.82, 2.24) is 9.88 Å². The van der Waals surface area contributed by atoms with Crippen LogP contribution in [-0.2, 0) is 17.8 Å². The molecule has 0 radical (unpaired) electrons. The van der Waals surface area contributed by atoms with Gasteiger partial charge in [0.25, 0.3) is 5.91 Å². The number of nitrogens with zero attached hydrogens (tertiary/aromatic N) is 1. The number of fused-ring (bicyclic) bond motifs is 3. The van der Waals surface area contributed by atoms with Gasteiger partial charge in [-0.25, -0.2) is 0 Å². The van der Waals surface area contributed by atoms with Crippen LogP contribution in [-0.4, -0.2) is 36.6 Å². The Morgan fingerprint density at radius 2 is 2.00 bits per heavy atom. The standard InChI is InChI=1S/C25H24N2O3S/c1-29-15-18-10-11-22(31-18)25(28)27-13-12-20-19-8-3-4-9-21(19)26-23(20)24(27)16-6-5-7-17(14-16)30-2/h3-11,14,24,26H,12-13,15H2,1-2H3/t24-/m0/s1. The monoisotopic (exact) mass is 432 g/mol. The number of aromatic amines is 1. The van der Waals surface area contributed by atoms with E-state index >= 15 is 0 Å². The molecule has 158 valence electrons. The van der Waals surface area contributed by atoms with Crippen molar-refractivity contribution < 1.29 is 14.3 Å². The molecule has 0 saturated carbocycles. The molecule has 2 aromatic carbocycles. The van der Waals surface area contributed by atoms with Crippen LogP contribution in [0.1, 0.15) is 37.4 Å². The van der Waals surface area contributed by atoms with Gasteiger partial charge in [-0.1, -0.05) is 30.3 Å². The van der Waals surface area contributed by atoms with E-state index in [1.54, 1.807) is 14.2 Å². The summed E-state index contributed by atoms with van der Waals surface area (Å²) < 4.78 is 10.7. The highest BCUT2D eigenvalue weighted by Gasteiger charge is 2.35. The van der Waals surface area contributed by atoms with E-state index in [1.807, 2.05) is 41.3 Å². The molecule has 1 aliphatic heterocycles. The molecule has 0 unspecified atom stereocenters. The van der Waals surface area contributed by atoms with Crippen molar-refractivity contribution in [3.05, 3.63) is 87.2 Å². The Morgan fingerprint density at radius 1 is 1.13 bits per heavy atom. The molecule has 0 saturated heterocycles. The average molecular weight is 433 g/mol. The van der Waals surface area contributed by atoms with Crippen LogP contribution in [0.25, 0.3) is 10.9 Å². The number of amides is 1. The fourth-order valence-corrected chi connectivity index (χ4v) is 5.41. The Balaban J connectivity index is 1.62. The van der Waals surface area contributed by atoms with E-state index in [0.717, 1.165) is 38.7 Å². The van der Waals surface area contributed by atoms with E-state index in [-0.39, 0.29) is 11.9 Å². The Kier molecular flexibility index (Phi) is 5.26. The first-order valence-electron chi connectivity index (χ1n) is 10.3. The van der Waals surface area contributed by atoms with Crippen molar-refractivity contribution in [2.24, 2.45) is 0 Å². The molecule has 5 nitrogen and oxygen atoms in total. The minimum atomic E-state index is -0.202. The molecule has 0 spiro atoms. The molecule has 1 N–H and O–H groups in total. The number of hydrogen-bond donors (Lipinski definition) is 1. The van der Waals surface area contributed by atoms with E-state index in [0.29, 0.717) is 13.2 Å². The first-order valence-corrected chi connectivity index (χ1v) is 11.1. The summed E-state index contributed by atoms with van der Waals surface area (Å²) >= 11 is 1.50. The zero-order valence-electron chi connectivity index (χ0n) is 17.6. The van der Waals surface area contributed by atoms with Gasteiger partial charge in [0.1, 0.15) is 5.75 Å². The van der Waals surface area contributed by atoms with Crippen LogP contribution in [0.3, 0.4) is 0 Å². The summed E-state index contributed by atoms with van der Waals surface area (Å²) in [5.74, 6) is 0.830. The van der Waals surface area contributed by atoms with Gasteiger partial charge in [-0.3, -0.25) is 4.79 Å². The highest BCUT2D eigenvalue weighted by Crippen LogP contribution is 2.40. The number of carbonyl (C=O) groups excluding carboxylic acids is 1. The van der Waals surface area contributed by atoms with Crippen LogP contribution in [0.2, 0.25) is 0 Å². The molecule has 3 heterocycles. The van der Waals surface area contributed by atoms with E-state index in [4.69, 9.17) is 9.47 Å². The maximum Gasteiger partial charge on any atom is 0.264 e. The molecule has 1 amide bonds. The molecule has 0 bridgehead atoms. The molecular formula is C25H24N2O3S. The van der Waals surface area contributed by atoms with Crippen molar-refractivity contribution >= 4 is 28.1 Å². The van der Waals surface area contributed by atoms with Crippen LogP contribution < -0.4 is 4.74 Å². The third-order valence-electron chi connectivity index (χ3n) is 5.86. The maximum absolute atomic E-state index is 13.6. The number of ether oxygens (including phenoxy) is 2. The summed E-state index contributed by atoms with van der Waals surface area (Å²) in [5, 5.41) is 1.23. The van der Waals surface area contributed by atoms with Crippen molar-refractivity contribution in [1.29, 1.82) is 0 Å². The number of hydrogen-bond acceptors (Lipinski definition) is 4. The van der Waals surface area contributed by atoms with Crippen LogP contribution >= 0.6 is 11.3 Å². The summed E-state index contributed by atoms with van der Waals surface area (Å²) in [6, 6.07) is 20.0. The van der Waals surface area contributed by atoms with E-state index in [9.17, 15) is 4.79 Å². The molecular weight excluding hydrogens is 408 g/mol. The lowest BCUT2D eigenvalue weighted by Crippen LogP contribution is -2.40. The van der Waals surface area contributed by atoms with Crippen molar-refractivity contribution in [2.45, 2.75) is 19.1 Å². The summed E-state index contributed by atoms with van der Waals surface area (Å²) in [6.07, 6.45) is 0.821. The molecule has 5 rings (SSSR count). The molecule has 1 atom stereocenters. The van der Waals surface area contributed by atoms with E-state index in [1.165, 1.54) is 22.3 Å². The number of nitrogens with one attached hydrogen (secondary N) is 1. The van der Waals surface area contributed by atoms with Gasteiger partial charge < -0.3 is 19.4 Å². The smallest absolute Gasteiger partial charge is 0.264 e. The third kappa shape index (κ3) is 3.52. The minimum absolute atomic E-state index is 0.0458. The fraction of sp³-hybridized carbons (Fsp3) is 0.240. The number of para-hydroxylation sites is 1. The lowest BCUT2D eigenvalue weighted by atomic mass is 9.92. The summed E-state index contributed by atoms with van der Waals surface area (Å²) in [5.41, 5.74) is 4.52. The Morgan fingerprint density at radius 3 is 2.84 bits per heavy atom. The first kappa shape index (κ1) is 19.8. The number of H-pyrrole nitrogens is 1. The van der Waals surface area contributed by atoms with Gasteiger partial charge in [0.15, 0.2) is 0 Å². The second-order valence-corrected chi connectivity index (χ2v) is 8.86. The third-order valence-corrected chi connectivity index (χ3v) is 6.91. The molecule has 31 heavy (non-hydrogen) atoms. The summed E-state index contributed by atoms with van der Waals surface area (Å²) in [6.45, 7) is 1.18. The van der Waals surface area contributed by atoms with Crippen LogP contribution in [0.15, 0.2) is 60.7 Å². The minimum Gasteiger partial charge on any atom is -0.497 e. The van der Waals surface area contributed by atoms with E-state index < -0.39 is 0 Å². The van der Waals surface area contributed by atoms with E-state index in [2.05, 4.69) is 29.2 Å². The van der Waals surface area contributed by atoms with Gasteiger partial charge in [0.05, 0.1) is 24.6 Å². The normalized spacial score (nSPS) is 15.8. The topological polar surface area (TPSA) is 54.6 Å². The maximum atomic E-state index is 13.6. The molecule has 0 aliphatic carbocycles. The quantitative estimate of drug-likeness (QED) is 0.473. The molecule has 4 aromatic rings. The SMILES string of the molecule is COCc1ccc(C(=O)N2CCc3c([nH]c4ccccc34)[C@@H]2c2cccc(OC)c2)s1. The lowest BCUT2D eigenvalue weighted by molar-refractivity contribution is 0.0697. The molecule has 2 aromatic heterocycles. The number of methoxy groups -OCH3 is 2. The second kappa shape index (κ2) is 8.21. The molecule has 6 heteroatoms. The van der Waals surface area contributed by atoms with Crippen molar-refractivity contribution in [3.8, 4) is 5.75 Å². The van der Waals surface area contributed by atoms with Crippen molar-refractivity contribution in [3.63, 3.8) is 0 Å². The summed E-state index contributed by atoms with van der Waals surface area (Å²) in [7, 11) is 3.34. The number of rotatable bonds is 5. The van der Waals surface area contributed by atoms with Gasteiger partial charge in [-0.05, 0) is 47.9 Å². The predicted molar refractivity (Wildman–Crippen MR) is 123 cm³/mol. The van der Waals surface area contributed by atoms with Gasteiger partial charge in [0.2, 0.25) is 0 Å². The fourth-order valence-electron chi connectivity index (χ4n) is 4.47. The van der Waals surface area contributed by atoms with Gasteiger partial charge in [0, 0.05) is 35.1 Å².